The normalized spacial score (nSPS) is 20.9. The fourth-order valence-electron chi connectivity index (χ4n) is 3.94. The lowest BCUT2D eigenvalue weighted by Gasteiger charge is -2.43. The number of hydrogen-bond donors (Lipinski definition) is 0. The Balaban J connectivity index is 1.99. The maximum atomic E-state index is 11.0. The van der Waals surface area contributed by atoms with Crippen molar-refractivity contribution in [1.82, 2.24) is 0 Å². The predicted molar refractivity (Wildman–Crippen MR) is 108 cm³/mol. The molecule has 1 fully saturated rings. The molecule has 0 radical (unpaired) electrons. The van der Waals surface area contributed by atoms with Gasteiger partial charge in [-0.3, -0.25) is 0 Å². The van der Waals surface area contributed by atoms with Crippen molar-refractivity contribution < 1.29 is 14.0 Å². The lowest BCUT2D eigenvalue weighted by Crippen LogP contribution is -2.67. The van der Waals surface area contributed by atoms with Gasteiger partial charge in [-0.25, -0.2) is 0 Å². The molecule has 0 aromatic heterocycles. The number of aldehydes is 1. The smallest absolute Gasteiger partial charge is 0.261 e. The third-order valence-corrected chi connectivity index (χ3v) is 10.2. The summed E-state index contributed by atoms with van der Waals surface area (Å²) >= 11 is 0. The molecule has 0 amide bonds. The molecule has 1 saturated heterocycles. The van der Waals surface area contributed by atoms with E-state index in [1.165, 1.54) is 10.4 Å². The van der Waals surface area contributed by atoms with E-state index in [1.54, 1.807) is 0 Å². The third kappa shape index (κ3) is 3.68. The highest BCUT2D eigenvalue weighted by Gasteiger charge is 2.50. The largest absolute Gasteiger partial charge is 0.405 e. The summed E-state index contributed by atoms with van der Waals surface area (Å²) in [7, 11) is -2.52. The summed E-state index contributed by atoms with van der Waals surface area (Å²) in [5.74, 6) is 0. The van der Waals surface area contributed by atoms with E-state index < -0.39 is 8.32 Å². The average molecular weight is 369 g/mol. The molecule has 0 spiro atoms. The van der Waals surface area contributed by atoms with E-state index >= 15 is 0 Å². The Labute approximate surface area is 157 Å². The molecular weight excluding hydrogens is 340 g/mol. The van der Waals surface area contributed by atoms with E-state index in [4.69, 9.17) is 9.16 Å². The molecule has 3 rings (SSSR count). The van der Waals surface area contributed by atoms with Crippen LogP contribution in [0.2, 0.25) is 5.04 Å². The van der Waals surface area contributed by atoms with Crippen LogP contribution in [0.4, 0.5) is 0 Å². The van der Waals surface area contributed by atoms with Crippen LogP contribution in [0.1, 0.15) is 33.6 Å². The van der Waals surface area contributed by atoms with Crippen LogP contribution in [0, 0.1) is 0 Å². The second-order valence-electron chi connectivity index (χ2n) is 7.98. The van der Waals surface area contributed by atoms with Gasteiger partial charge in [0.15, 0.2) is 0 Å². The van der Waals surface area contributed by atoms with Crippen LogP contribution >= 0.6 is 0 Å². The summed E-state index contributed by atoms with van der Waals surface area (Å²) in [6.07, 6.45) is 2.29. The molecule has 1 aliphatic heterocycles. The fourth-order valence-corrected chi connectivity index (χ4v) is 8.53. The van der Waals surface area contributed by atoms with E-state index in [0.29, 0.717) is 6.61 Å². The zero-order valence-electron chi connectivity index (χ0n) is 15.9. The van der Waals surface area contributed by atoms with Crippen molar-refractivity contribution in [2.24, 2.45) is 0 Å². The summed E-state index contributed by atoms with van der Waals surface area (Å²) < 4.78 is 12.7. The highest BCUT2D eigenvalue weighted by molar-refractivity contribution is 6.99. The van der Waals surface area contributed by atoms with Gasteiger partial charge < -0.3 is 14.0 Å². The van der Waals surface area contributed by atoms with Gasteiger partial charge in [-0.2, -0.15) is 0 Å². The lowest BCUT2D eigenvalue weighted by molar-refractivity contribution is -0.118. The van der Waals surface area contributed by atoms with Crippen molar-refractivity contribution in [3.63, 3.8) is 0 Å². The molecule has 3 nitrogen and oxygen atoms in total. The van der Waals surface area contributed by atoms with Gasteiger partial charge in [0.2, 0.25) is 0 Å². The first kappa shape index (κ1) is 19.0. The van der Waals surface area contributed by atoms with Crippen LogP contribution in [0.3, 0.4) is 0 Å². The number of carbonyl (C=O) groups is 1. The summed E-state index contributed by atoms with van der Waals surface area (Å²) in [5, 5.41) is 2.49. The van der Waals surface area contributed by atoms with Crippen LogP contribution in [-0.2, 0) is 14.0 Å². The number of benzene rings is 2. The minimum Gasteiger partial charge on any atom is -0.405 e. The monoisotopic (exact) mass is 368 g/mol. The quantitative estimate of drug-likeness (QED) is 0.580. The summed E-state index contributed by atoms with van der Waals surface area (Å²) in [6, 6.07) is 21.2. The van der Waals surface area contributed by atoms with Gasteiger partial charge in [-0.15, -0.1) is 0 Å². The fraction of sp³-hybridized carbons (Fsp3) is 0.409. The molecule has 138 valence electrons. The predicted octanol–water partition coefficient (Wildman–Crippen LogP) is 3.31. The van der Waals surface area contributed by atoms with E-state index in [2.05, 4.69) is 69.3 Å². The Bertz CT molecular complexity index is 670. The molecule has 2 aromatic rings. The zero-order valence-corrected chi connectivity index (χ0v) is 16.9. The average Bonchev–Trinajstić information content (AvgIpc) is 3.11. The van der Waals surface area contributed by atoms with E-state index in [1.807, 2.05) is 12.1 Å². The van der Waals surface area contributed by atoms with Crippen molar-refractivity contribution in [3.05, 3.63) is 60.7 Å². The van der Waals surface area contributed by atoms with E-state index in [0.717, 1.165) is 19.1 Å². The van der Waals surface area contributed by atoms with Gasteiger partial charge in [0, 0.05) is 0 Å². The molecule has 4 heteroatoms. The Morgan fingerprint density at radius 1 is 1.00 bits per heavy atom. The zero-order chi connectivity index (χ0) is 18.6. The number of carbonyl (C=O) groups excluding carboxylic acids is 1. The Morgan fingerprint density at radius 3 is 1.96 bits per heavy atom. The molecule has 0 saturated carbocycles. The van der Waals surface area contributed by atoms with Gasteiger partial charge in [0.1, 0.15) is 12.4 Å². The molecule has 26 heavy (non-hydrogen) atoms. The molecule has 1 aliphatic rings. The van der Waals surface area contributed by atoms with Gasteiger partial charge >= 0.3 is 0 Å². The van der Waals surface area contributed by atoms with Crippen molar-refractivity contribution in [2.45, 2.75) is 50.9 Å². The first-order chi connectivity index (χ1) is 12.5. The third-order valence-electron chi connectivity index (χ3n) is 5.19. The highest BCUT2D eigenvalue weighted by Crippen LogP contribution is 2.37. The van der Waals surface area contributed by atoms with Gasteiger partial charge in [-0.05, 0) is 28.3 Å². The SMILES string of the molecule is CC(C)(C)[Si](OC[C@H]1CC[C@H](C=O)O1)(c1ccccc1)c1ccccc1. The number of hydrogen-bond acceptors (Lipinski definition) is 3. The lowest BCUT2D eigenvalue weighted by atomic mass is 10.2. The molecule has 1 heterocycles. The molecule has 0 aliphatic carbocycles. The second kappa shape index (κ2) is 7.87. The topological polar surface area (TPSA) is 35.5 Å². The molecule has 0 unspecified atom stereocenters. The summed E-state index contributed by atoms with van der Waals surface area (Å²) in [6.45, 7) is 7.33. The van der Waals surface area contributed by atoms with Gasteiger partial charge in [-0.1, -0.05) is 81.4 Å². The van der Waals surface area contributed by atoms with Crippen molar-refractivity contribution >= 4 is 25.0 Å². The maximum absolute atomic E-state index is 11.0. The summed E-state index contributed by atoms with van der Waals surface area (Å²) in [5.41, 5.74) is 0. The van der Waals surface area contributed by atoms with Crippen LogP contribution < -0.4 is 10.4 Å². The van der Waals surface area contributed by atoms with Gasteiger partial charge in [0.25, 0.3) is 8.32 Å². The minimum atomic E-state index is -2.52. The van der Waals surface area contributed by atoms with E-state index in [-0.39, 0.29) is 17.2 Å². The molecular formula is C22H28O3Si. The Kier molecular flexibility index (Phi) is 5.75. The van der Waals surface area contributed by atoms with Crippen molar-refractivity contribution in [2.75, 3.05) is 6.61 Å². The van der Waals surface area contributed by atoms with Crippen LogP contribution in [0.25, 0.3) is 0 Å². The van der Waals surface area contributed by atoms with Gasteiger partial charge in [0.05, 0.1) is 12.7 Å². The molecule has 0 bridgehead atoms. The second-order valence-corrected chi connectivity index (χ2v) is 12.3. The molecule has 2 aromatic carbocycles. The number of ether oxygens (including phenoxy) is 1. The van der Waals surface area contributed by atoms with Crippen LogP contribution in [-0.4, -0.2) is 33.4 Å². The Hall–Kier alpha value is -1.75. The maximum Gasteiger partial charge on any atom is 0.261 e. The number of rotatable bonds is 6. The molecule has 0 N–H and O–H groups in total. The molecule has 2 atom stereocenters. The first-order valence-electron chi connectivity index (χ1n) is 9.33. The summed E-state index contributed by atoms with van der Waals surface area (Å²) in [4.78, 5) is 11.0. The van der Waals surface area contributed by atoms with Crippen LogP contribution in [0.15, 0.2) is 60.7 Å². The highest BCUT2D eigenvalue weighted by atomic mass is 28.4. The van der Waals surface area contributed by atoms with Crippen LogP contribution in [0.5, 0.6) is 0 Å². The Morgan fingerprint density at radius 2 is 1.54 bits per heavy atom. The minimum absolute atomic E-state index is 0.00755. The van der Waals surface area contributed by atoms with E-state index in [9.17, 15) is 4.79 Å². The standard InChI is InChI=1S/C22H28O3Si/c1-22(2,3)26(20-10-6-4-7-11-20,21-12-8-5-9-13-21)24-17-19-15-14-18(16-23)25-19/h4-13,16,18-19H,14-15,17H2,1-3H3/t18-,19-/m1/s1. The first-order valence-corrected chi connectivity index (χ1v) is 11.2. The van der Waals surface area contributed by atoms with Crippen molar-refractivity contribution in [3.8, 4) is 0 Å². The van der Waals surface area contributed by atoms with Crippen molar-refractivity contribution in [1.29, 1.82) is 0 Å².